The molecule has 3 atom stereocenters. The van der Waals surface area contributed by atoms with E-state index in [1.165, 1.54) is 11.1 Å². The molecule has 196 valence electrons. The van der Waals surface area contributed by atoms with Crippen LogP contribution in [0.2, 0.25) is 0 Å². The molecule has 2 aromatic carbocycles. The molecule has 1 heterocycles. The summed E-state index contributed by atoms with van der Waals surface area (Å²) in [5.41, 5.74) is 2.26. The summed E-state index contributed by atoms with van der Waals surface area (Å²) in [6.45, 7) is 1.93. The van der Waals surface area contributed by atoms with Gasteiger partial charge in [0.2, 0.25) is 5.91 Å². The van der Waals surface area contributed by atoms with Crippen LogP contribution < -0.4 is 4.74 Å². The molecule has 1 amide bonds. The first-order chi connectivity index (χ1) is 17.4. The summed E-state index contributed by atoms with van der Waals surface area (Å²) >= 11 is 0. The van der Waals surface area contributed by atoms with Crippen molar-refractivity contribution < 1.29 is 14.3 Å². The van der Waals surface area contributed by atoms with Crippen LogP contribution >= 0.6 is 0 Å². The van der Waals surface area contributed by atoms with Crippen molar-refractivity contribution in [3.05, 3.63) is 65.7 Å². The van der Waals surface area contributed by atoms with Crippen molar-refractivity contribution in [1.29, 1.82) is 0 Å². The molecule has 2 aliphatic rings. The number of hydrogen-bond donors (Lipinski definition) is 0. The van der Waals surface area contributed by atoms with Gasteiger partial charge in [0.25, 0.3) is 0 Å². The van der Waals surface area contributed by atoms with Crippen molar-refractivity contribution in [3.8, 4) is 5.75 Å². The molecule has 2 fully saturated rings. The van der Waals surface area contributed by atoms with Crippen LogP contribution in [0.15, 0.2) is 54.6 Å². The summed E-state index contributed by atoms with van der Waals surface area (Å²) in [6, 6.07) is 19.4. The Kier molecular flexibility index (Phi) is 8.74. The van der Waals surface area contributed by atoms with E-state index in [-0.39, 0.29) is 23.0 Å². The van der Waals surface area contributed by atoms with E-state index in [1.54, 1.807) is 7.11 Å². The van der Waals surface area contributed by atoms with E-state index < -0.39 is 0 Å². The summed E-state index contributed by atoms with van der Waals surface area (Å²) in [6.07, 6.45) is 8.76. The van der Waals surface area contributed by atoms with Gasteiger partial charge < -0.3 is 19.3 Å². The Morgan fingerprint density at radius 1 is 1.06 bits per heavy atom. The summed E-state index contributed by atoms with van der Waals surface area (Å²) in [4.78, 5) is 17.7. The second kappa shape index (κ2) is 11.8. The molecular weight excluding hydrogens is 448 g/mol. The molecule has 0 aromatic heterocycles. The first-order valence-corrected chi connectivity index (χ1v) is 13.6. The Labute approximate surface area is 217 Å². The number of aryl methyl sites for hydroxylation is 1. The van der Waals surface area contributed by atoms with Crippen LogP contribution in [0.1, 0.15) is 62.5 Å². The largest absolute Gasteiger partial charge is 0.497 e. The molecule has 0 N–H and O–H groups in total. The Morgan fingerprint density at radius 3 is 2.61 bits per heavy atom. The van der Waals surface area contributed by atoms with E-state index in [0.29, 0.717) is 6.42 Å². The monoisotopic (exact) mass is 492 g/mol. The van der Waals surface area contributed by atoms with Gasteiger partial charge in [-0.1, -0.05) is 48.9 Å². The number of likely N-dealkylation sites (N-methyl/N-ethyl adjacent to an activating group) is 1. The van der Waals surface area contributed by atoms with E-state index in [1.807, 2.05) is 20.2 Å². The number of methoxy groups -OCH3 is 2. The van der Waals surface area contributed by atoms with Crippen molar-refractivity contribution >= 4 is 5.91 Å². The van der Waals surface area contributed by atoms with Crippen LogP contribution in [0.25, 0.3) is 0 Å². The summed E-state index contributed by atoms with van der Waals surface area (Å²) in [7, 11) is 7.81. The van der Waals surface area contributed by atoms with Crippen LogP contribution in [0.5, 0.6) is 5.75 Å². The van der Waals surface area contributed by atoms with Crippen LogP contribution in [0, 0.1) is 0 Å². The maximum atomic E-state index is 13.2. The highest BCUT2D eigenvalue weighted by molar-refractivity contribution is 5.76. The number of carbonyl (C=O) groups excluding carboxylic acids is 1. The molecule has 0 radical (unpaired) electrons. The molecule has 0 bridgehead atoms. The predicted molar refractivity (Wildman–Crippen MR) is 146 cm³/mol. The quantitative estimate of drug-likeness (QED) is 0.413. The van der Waals surface area contributed by atoms with Gasteiger partial charge in [-0.05, 0) is 81.8 Å². The number of ether oxygens (including phenoxy) is 2. The minimum atomic E-state index is -0.260. The highest BCUT2D eigenvalue weighted by atomic mass is 16.5. The SMILES string of the molecule is COc1cccc(C23CCN(C)CC2(OC)CCC(N(C)C(=O)CCCCCc2ccccc2)C3)c1. The van der Waals surface area contributed by atoms with Crippen molar-refractivity contribution in [2.75, 3.05) is 41.4 Å². The number of fused-ring (bicyclic) bond motifs is 1. The summed E-state index contributed by atoms with van der Waals surface area (Å²) < 4.78 is 12.0. The molecule has 0 spiro atoms. The zero-order valence-electron chi connectivity index (χ0n) is 22.7. The third kappa shape index (κ3) is 5.47. The Bertz CT molecular complexity index is 996. The smallest absolute Gasteiger partial charge is 0.222 e. The second-order valence-corrected chi connectivity index (χ2v) is 10.9. The second-order valence-electron chi connectivity index (χ2n) is 10.9. The topological polar surface area (TPSA) is 42.0 Å². The highest BCUT2D eigenvalue weighted by Crippen LogP contribution is 2.54. The molecule has 36 heavy (non-hydrogen) atoms. The summed E-state index contributed by atoms with van der Waals surface area (Å²) in [5.74, 6) is 1.16. The van der Waals surface area contributed by atoms with Gasteiger partial charge >= 0.3 is 0 Å². The van der Waals surface area contributed by atoms with Crippen molar-refractivity contribution in [1.82, 2.24) is 9.80 Å². The zero-order chi connectivity index (χ0) is 25.6. The lowest BCUT2D eigenvalue weighted by Crippen LogP contribution is -2.67. The highest BCUT2D eigenvalue weighted by Gasteiger charge is 2.59. The van der Waals surface area contributed by atoms with Gasteiger partial charge in [-0.25, -0.2) is 0 Å². The van der Waals surface area contributed by atoms with E-state index in [9.17, 15) is 4.79 Å². The van der Waals surface area contributed by atoms with Crippen LogP contribution in [-0.2, 0) is 21.4 Å². The van der Waals surface area contributed by atoms with Gasteiger partial charge in [0.1, 0.15) is 5.75 Å². The lowest BCUT2D eigenvalue weighted by atomic mass is 9.55. The molecule has 1 saturated heterocycles. The fraction of sp³-hybridized carbons (Fsp3) is 0.581. The fourth-order valence-corrected chi connectivity index (χ4v) is 6.73. The number of rotatable bonds is 10. The number of carbonyl (C=O) groups is 1. The van der Waals surface area contributed by atoms with Crippen molar-refractivity contribution in [2.24, 2.45) is 0 Å². The third-order valence-electron chi connectivity index (χ3n) is 8.94. The minimum absolute atomic E-state index is 0.143. The standard InChI is InChI=1S/C31H44N2O3/c1-32-21-20-30(26-15-11-16-28(22-26)35-3)23-27(18-19-31(30,24-32)36-4)33(2)29(34)17-10-6-9-14-25-12-7-5-8-13-25/h5,7-8,11-13,15-16,22,27H,6,9-10,14,17-21,23-24H2,1-4H3. The molecular formula is C31H44N2O3. The first-order valence-electron chi connectivity index (χ1n) is 13.6. The van der Waals surface area contributed by atoms with Gasteiger partial charge in [0.15, 0.2) is 0 Å². The number of unbranched alkanes of at least 4 members (excludes halogenated alkanes) is 2. The minimum Gasteiger partial charge on any atom is -0.497 e. The molecule has 1 aliphatic heterocycles. The number of piperidine rings is 1. The zero-order valence-corrected chi connectivity index (χ0v) is 22.7. The van der Waals surface area contributed by atoms with Crippen molar-refractivity contribution in [2.45, 2.75) is 74.8 Å². The van der Waals surface area contributed by atoms with E-state index in [2.05, 4.69) is 65.4 Å². The average Bonchev–Trinajstić information content (AvgIpc) is 2.92. The number of hydrogen-bond acceptors (Lipinski definition) is 4. The average molecular weight is 493 g/mol. The number of amides is 1. The lowest BCUT2D eigenvalue weighted by Gasteiger charge is -2.60. The van der Waals surface area contributed by atoms with Crippen LogP contribution in [0.4, 0.5) is 0 Å². The van der Waals surface area contributed by atoms with Crippen LogP contribution in [-0.4, -0.2) is 68.8 Å². The Morgan fingerprint density at radius 2 is 1.86 bits per heavy atom. The molecule has 1 aliphatic carbocycles. The molecule has 3 unspecified atom stereocenters. The number of likely N-dealkylation sites (tertiary alicyclic amines) is 1. The Hall–Kier alpha value is -2.37. The molecule has 4 rings (SSSR count). The van der Waals surface area contributed by atoms with E-state index in [4.69, 9.17) is 9.47 Å². The summed E-state index contributed by atoms with van der Waals surface area (Å²) in [5, 5.41) is 0. The fourth-order valence-electron chi connectivity index (χ4n) is 6.73. The lowest BCUT2D eigenvalue weighted by molar-refractivity contribution is -0.157. The van der Waals surface area contributed by atoms with Gasteiger partial charge in [0.05, 0.1) is 12.7 Å². The Balaban J connectivity index is 1.43. The van der Waals surface area contributed by atoms with E-state index in [0.717, 1.165) is 70.2 Å². The van der Waals surface area contributed by atoms with Gasteiger partial charge in [0, 0.05) is 38.6 Å². The molecule has 5 nitrogen and oxygen atoms in total. The maximum Gasteiger partial charge on any atom is 0.222 e. The number of nitrogens with zero attached hydrogens (tertiary/aromatic N) is 2. The van der Waals surface area contributed by atoms with Gasteiger partial charge in [-0.15, -0.1) is 0 Å². The normalized spacial score (nSPS) is 26.3. The van der Waals surface area contributed by atoms with Crippen LogP contribution in [0.3, 0.4) is 0 Å². The predicted octanol–water partition coefficient (Wildman–Crippen LogP) is 5.47. The van der Waals surface area contributed by atoms with E-state index >= 15 is 0 Å². The third-order valence-corrected chi connectivity index (χ3v) is 8.94. The molecule has 1 saturated carbocycles. The maximum absolute atomic E-state index is 13.2. The first kappa shape index (κ1) is 26.7. The molecule has 5 heteroatoms. The van der Waals surface area contributed by atoms with Gasteiger partial charge in [-0.3, -0.25) is 4.79 Å². The van der Waals surface area contributed by atoms with Crippen molar-refractivity contribution in [3.63, 3.8) is 0 Å². The number of benzene rings is 2. The molecule has 2 aromatic rings. The van der Waals surface area contributed by atoms with Gasteiger partial charge in [-0.2, -0.15) is 0 Å².